The van der Waals surface area contributed by atoms with E-state index in [9.17, 15) is 14.4 Å². The van der Waals surface area contributed by atoms with Crippen molar-refractivity contribution in [2.75, 3.05) is 11.9 Å². The van der Waals surface area contributed by atoms with Gasteiger partial charge in [-0.1, -0.05) is 6.07 Å². The van der Waals surface area contributed by atoms with Crippen LogP contribution in [0.5, 0.6) is 0 Å². The summed E-state index contributed by atoms with van der Waals surface area (Å²) in [7, 11) is 0. The van der Waals surface area contributed by atoms with E-state index in [-0.39, 0.29) is 25.2 Å². The third kappa shape index (κ3) is 7.79. The van der Waals surface area contributed by atoms with Crippen molar-refractivity contribution >= 4 is 23.8 Å². The number of carboxylic acids is 1. The predicted molar refractivity (Wildman–Crippen MR) is 83.1 cm³/mol. The Hall–Kier alpha value is -2.64. The minimum absolute atomic E-state index is 0.0648. The van der Waals surface area contributed by atoms with Gasteiger partial charge in [0.25, 0.3) is 0 Å². The highest BCUT2D eigenvalue weighted by Gasteiger charge is 2.17. The standard InChI is InChI=1S/C15H21N3O5/c1-15(2,3)23-14(22)17-9-11(19)18-13-10(5-4-8-16-13)6-7-12(20)21/h4-5,8H,6-7,9H2,1-3H3,(H,17,22)(H,20,21)(H,16,18,19). The van der Waals surface area contributed by atoms with Gasteiger partial charge in [0.15, 0.2) is 0 Å². The molecule has 1 heterocycles. The van der Waals surface area contributed by atoms with Crippen LogP contribution < -0.4 is 10.6 Å². The second kappa shape index (κ2) is 8.11. The smallest absolute Gasteiger partial charge is 0.408 e. The Morgan fingerprint density at radius 2 is 2.00 bits per heavy atom. The number of hydrogen-bond donors (Lipinski definition) is 3. The van der Waals surface area contributed by atoms with Gasteiger partial charge in [0.05, 0.1) is 0 Å². The molecule has 1 aromatic rings. The third-order valence-corrected chi connectivity index (χ3v) is 2.55. The number of carboxylic acid groups (broad SMARTS) is 1. The first-order chi connectivity index (χ1) is 10.7. The normalized spacial score (nSPS) is 10.7. The third-order valence-electron chi connectivity index (χ3n) is 2.55. The van der Waals surface area contributed by atoms with Gasteiger partial charge in [-0.15, -0.1) is 0 Å². The molecule has 8 nitrogen and oxygen atoms in total. The summed E-state index contributed by atoms with van der Waals surface area (Å²) in [5, 5.41) is 13.6. The molecule has 0 aliphatic carbocycles. The number of pyridine rings is 1. The summed E-state index contributed by atoms with van der Waals surface area (Å²) in [6.07, 6.45) is 0.976. The van der Waals surface area contributed by atoms with Gasteiger partial charge >= 0.3 is 12.1 Å². The highest BCUT2D eigenvalue weighted by Crippen LogP contribution is 2.13. The van der Waals surface area contributed by atoms with Crippen molar-refractivity contribution < 1.29 is 24.2 Å². The van der Waals surface area contributed by atoms with Gasteiger partial charge in [-0.3, -0.25) is 9.59 Å². The molecule has 2 amide bonds. The first-order valence-corrected chi connectivity index (χ1v) is 7.10. The molecule has 0 saturated heterocycles. The van der Waals surface area contributed by atoms with Gasteiger partial charge in [0, 0.05) is 12.6 Å². The molecule has 0 fully saturated rings. The fraction of sp³-hybridized carbons (Fsp3) is 0.467. The first kappa shape index (κ1) is 18.4. The topological polar surface area (TPSA) is 118 Å². The van der Waals surface area contributed by atoms with E-state index < -0.39 is 23.6 Å². The number of hydrogen-bond acceptors (Lipinski definition) is 5. The van der Waals surface area contributed by atoms with Crippen molar-refractivity contribution in [1.82, 2.24) is 10.3 Å². The van der Waals surface area contributed by atoms with Crippen LogP contribution in [-0.2, 0) is 20.7 Å². The second-order valence-electron chi connectivity index (χ2n) is 5.81. The molecule has 0 radical (unpaired) electrons. The maximum Gasteiger partial charge on any atom is 0.408 e. The number of carbonyl (C=O) groups excluding carboxylic acids is 2. The molecule has 23 heavy (non-hydrogen) atoms. The molecule has 8 heteroatoms. The molecule has 0 saturated carbocycles. The average molecular weight is 323 g/mol. The van der Waals surface area contributed by atoms with Crippen molar-refractivity contribution in [3.63, 3.8) is 0 Å². The summed E-state index contributed by atoms with van der Waals surface area (Å²) in [6, 6.07) is 3.35. The molecule has 0 aliphatic rings. The van der Waals surface area contributed by atoms with Crippen molar-refractivity contribution in [3.8, 4) is 0 Å². The minimum atomic E-state index is -0.933. The number of nitrogens with zero attached hydrogens (tertiary/aromatic N) is 1. The highest BCUT2D eigenvalue weighted by molar-refractivity contribution is 5.93. The number of anilines is 1. The molecule has 0 aliphatic heterocycles. The molecule has 1 rings (SSSR count). The largest absolute Gasteiger partial charge is 0.481 e. The minimum Gasteiger partial charge on any atom is -0.481 e. The lowest BCUT2D eigenvalue weighted by Crippen LogP contribution is -2.37. The number of carbonyl (C=O) groups is 3. The molecule has 126 valence electrons. The number of nitrogens with one attached hydrogen (secondary N) is 2. The van der Waals surface area contributed by atoms with Crippen LogP contribution in [0.1, 0.15) is 32.8 Å². The molecule has 0 unspecified atom stereocenters. The van der Waals surface area contributed by atoms with Crippen molar-refractivity contribution in [3.05, 3.63) is 23.9 Å². The predicted octanol–water partition coefficient (Wildman–Crippen LogP) is 1.56. The monoisotopic (exact) mass is 323 g/mol. The Morgan fingerprint density at radius 1 is 1.30 bits per heavy atom. The maximum atomic E-state index is 11.8. The quantitative estimate of drug-likeness (QED) is 0.731. The lowest BCUT2D eigenvalue weighted by molar-refractivity contribution is -0.137. The second-order valence-corrected chi connectivity index (χ2v) is 5.81. The van der Waals surface area contributed by atoms with Crippen LogP contribution in [-0.4, -0.2) is 40.2 Å². The van der Waals surface area contributed by atoms with Crippen LogP contribution in [0.15, 0.2) is 18.3 Å². The lowest BCUT2D eigenvalue weighted by atomic mass is 10.1. The molecule has 0 bridgehead atoms. The molecule has 3 N–H and O–H groups in total. The maximum absolute atomic E-state index is 11.8. The number of amides is 2. The molecule has 1 aromatic heterocycles. The average Bonchev–Trinajstić information content (AvgIpc) is 2.42. The molecule has 0 atom stereocenters. The van der Waals surface area contributed by atoms with Crippen LogP contribution >= 0.6 is 0 Å². The van der Waals surface area contributed by atoms with Crippen molar-refractivity contribution in [2.45, 2.75) is 39.2 Å². The van der Waals surface area contributed by atoms with Gasteiger partial charge in [-0.05, 0) is 38.8 Å². The van der Waals surface area contributed by atoms with E-state index >= 15 is 0 Å². The highest BCUT2D eigenvalue weighted by atomic mass is 16.6. The number of aliphatic carboxylic acids is 1. The van der Waals surface area contributed by atoms with Gasteiger partial charge in [-0.2, -0.15) is 0 Å². The molecule has 0 spiro atoms. The van der Waals surface area contributed by atoms with E-state index in [0.717, 1.165) is 0 Å². The number of alkyl carbamates (subject to hydrolysis) is 1. The number of aromatic nitrogens is 1. The van der Waals surface area contributed by atoms with E-state index in [2.05, 4.69) is 15.6 Å². The Balaban J connectivity index is 2.54. The van der Waals surface area contributed by atoms with Gasteiger partial charge in [-0.25, -0.2) is 9.78 Å². The Morgan fingerprint density at radius 3 is 2.61 bits per heavy atom. The van der Waals surface area contributed by atoms with E-state index in [1.165, 1.54) is 6.20 Å². The Labute approximate surface area is 134 Å². The first-order valence-electron chi connectivity index (χ1n) is 7.10. The van der Waals surface area contributed by atoms with Crippen LogP contribution in [0.4, 0.5) is 10.6 Å². The Bertz CT molecular complexity index is 581. The van der Waals surface area contributed by atoms with Crippen LogP contribution in [0.25, 0.3) is 0 Å². The summed E-state index contributed by atoms with van der Waals surface area (Å²) in [6.45, 7) is 4.88. The molecular weight excluding hydrogens is 302 g/mol. The zero-order valence-corrected chi connectivity index (χ0v) is 13.4. The van der Waals surface area contributed by atoms with Crippen LogP contribution in [0.3, 0.4) is 0 Å². The van der Waals surface area contributed by atoms with Crippen LogP contribution in [0, 0.1) is 0 Å². The number of aryl methyl sites for hydroxylation is 1. The summed E-state index contributed by atoms with van der Waals surface area (Å²) in [4.78, 5) is 37.9. The van der Waals surface area contributed by atoms with E-state index in [4.69, 9.17) is 9.84 Å². The summed E-state index contributed by atoms with van der Waals surface area (Å²) in [5.41, 5.74) is -0.0357. The molecular formula is C15H21N3O5. The lowest BCUT2D eigenvalue weighted by Gasteiger charge is -2.19. The summed E-state index contributed by atoms with van der Waals surface area (Å²) in [5.74, 6) is -1.13. The molecule has 0 aromatic carbocycles. The SMILES string of the molecule is CC(C)(C)OC(=O)NCC(=O)Nc1ncccc1CCC(=O)O. The Kier molecular flexibility index (Phi) is 6.49. The van der Waals surface area contributed by atoms with Gasteiger partial charge in [0.1, 0.15) is 18.0 Å². The summed E-state index contributed by atoms with van der Waals surface area (Å²) >= 11 is 0. The van der Waals surface area contributed by atoms with Gasteiger partial charge < -0.3 is 20.5 Å². The zero-order valence-electron chi connectivity index (χ0n) is 13.4. The van der Waals surface area contributed by atoms with E-state index in [1.54, 1.807) is 32.9 Å². The zero-order chi connectivity index (χ0) is 17.5. The number of ether oxygens (including phenoxy) is 1. The number of rotatable bonds is 6. The van der Waals surface area contributed by atoms with Crippen molar-refractivity contribution in [1.29, 1.82) is 0 Å². The van der Waals surface area contributed by atoms with E-state index in [1.807, 2.05) is 0 Å². The van der Waals surface area contributed by atoms with E-state index in [0.29, 0.717) is 5.56 Å². The van der Waals surface area contributed by atoms with Gasteiger partial charge in [0.2, 0.25) is 5.91 Å². The van der Waals surface area contributed by atoms with Crippen molar-refractivity contribution in [2.24, 2.45) is 0 Å². The summed E-state index contributed by atoms with van der Waals surface area (Å²) < 4.78 is 5.02. The fourth-order valence-corrected chi connectivity index (χ4v) is 1.64. The fourth-order valence-electron chi connectivity index (χ4n) is 1.64. The van der Waals surface area contributed by atoms with Crippen LogP contribution in [0.2, 0.25) is 0 Å².